The molecule has 1 unspecified atom stereocenters. The first-order chi connectivity index (χ1) is 9.72. The van der Waals surface area contributed by atoms with Crippen molar-refractivity contribution in [3.05, 3.63) is 65.5 Å². The number of benzene rings is 2. The first kappa shape index (κ1) is 15.1. The Morgan fingerprint density at radius 2 is 1.85 bits per heavy atom. The van der Waals surface area contributed by atoms with E-state index in [0.717, 1.165) is 22.8 Å². The van der Waals surface area contributed by atoms with Crippen molar-refractivity contribution in [3.63, 3.8) is 0 Å². The summed E-state index contributed by atoms with van der Waals surface area (Å²) in [6.07, 6.45) is 0. The van der Waals surface area contributed by atoms with E-state index < -0.39 is 0 Å². The number of hydrogen-bond acceptors (Lipinski definition) is 2. The van der Waals surface area contributed by atoms with Gasteiger partial charge in [-0.25, -0.2) is 4.39 Å². The molecule has 0 radical (unpaired) electrons. The maximum absolute atomic E-state index is 14.1. The molecule has 0 aromatic heterocycles. The Balaban J connectivity index is 2.17. The zero-order valence-electron chi connectivity index (χ0n) is 11.9. The van der Waals surface area contributed by atoms with Gasteiger partial charge in [-0.3, -0.25) is 0 Å². The lowest BCUT2D eigenvalue weighted by atomic mass is 10.1. The van der Waals surface area contributed by atoms with Crippen LogP contribution in [0.5, 0.6) is 0 Å². The summed E-state index contributed by atoms with van der Waals surface area (Å²) in [7, 11) is 0. The predicted octanol–water partition coefficient (Wildman–Crippen LogP) is 4.79. The Kier molecular flexibility index (Phi) is 5.62. The molecule has 0 spiro atoms. The molecular weight excluding hydrogens is 269 g/mol. The molecule has 1 N–H and O–H groups in total. The van der Waals surface area contributed by atoms with Crippen LogP contribution in [0.4, 0.5) is 4.39 Å². The lowest BCUT2D eigenvalue weighted by Crippen LogP contribution is -2.19. The van der Waals surface area contributed by atoms with Gasteiger partial charge in [0.25, 0.3) is 0 Å². The summed E-state index contributed by atoms with van der Waals surface area (Å²) >= 11 is 1.69. The average Bonchev–Trinajstić information content (AvgIpc) is 2.46. The van der Waals surface area contributed by atoms with Gasteiger partial charge < -0.3 is 5.32 Å². The molecule has 0 saturated heterocycles. The van der Waals surface area contributed by atoms with Crippen LogP contribution < -0.4 is 5.32 Å². The summed E-state index contributed by atoms with van der Waals surface area (Å²) in [6, 6.07) is 15.6. The van der Waals surface area contributed by atoms with Crippen LogP contribution in [-0.4, -0.2) is 6.54 Å². The summed E-state index contributed by atoms with van der Waals surface area (Å²) in [5, 5.41) is 3.29. The Morgan fingerprint density at radius 3 is 2.55 bits per heavy atom. The van der Waals surface area contributed by atoms with Crippen molar-refractivity contribution in [1.82, 2.24) is 5.32 Å². The van der Waals surface area contributed by atoms with Crippen LogP contribution >= 0.6 is 11.8 Å². The fourth-order valence-corrected chi connectivity index (χ4v) is 3.33. The molecule has 0 heterocycles. The molecule has 0 aliphatic rings. The largest absolute Gasteiger partial charge is 0.310 e. The third kappa shape index (κ3) is 3.84. The van der Waals surface area contributed by atoms with Crippen molar-refractivity contribution < 1.29 is 4.39 Å². The molecule has 1 atom stereocenters. The lowest BCUT2D eigenvalue weighted by Gasteiger charge is -2.17. The van der Waals surface area contributed by atoms with Crippen molar-refractivity contribution >= 4 is 11.8 Å². The maximum Gasteiger partial charge on any atom is 0.129 e. The van der Waals surface area contributed by atoms with E-state index in [1.165, 1.54) is 11.6 Å². The highest BCUT2D eigenvalue weighted by Crippen LogP contribution is 2.31. The molecule has 2 aromatic rings. The highest BCUT2D eigenvalue weighted by molar-refractivity contribution is 7.98. The van der Waals surface area contributed by atoms with Crippen molar-refractivity contribution in [2.24, 2.45) is 0 Å². The van der Waals surface area contributed by atoms with Crippen molar-refractivity contribution in [3.8, 4) is 0 Å². The summed E-state index contributed by atoms with van der Waals surface area (Å²) in [5.74, 6) is 0.729. The molecule has 0 amide bonds. The molecule has 2 rings (SSSR count). The van der Waals surface area contributed by atoms with Crippen LogP contribution in [0, 0.1) is 5.82 Å². The van der Waals surface area contributed by atoms with Gasteiger partial charge in [0, 0.05) is 22.3 Å². The molecular formula is C17H20FNS. The standard InChI is InChI=1S/C17H20FNS/c1-3-19-13(2)17-15(18)10-7-11-16(17)20-12-14-8-5-4-6-9-14/h4-11,13,19H,3,12H2,1-2H3. The molecule has 20 heavy (non-hydrogen) atoms. The fraction of sp³-hybridized carbons (Fsp3) is 0.294. The monoisotopic (exact) mass is 289 g/mol. The number of nitrogens with one attached hydrogen (secondary N) is 1. The molecule has 0 saturated carbocycles. The van der Waals surface area contributed by atoms with Gasteiger partial charge in [0.15, 0.2) is 0 Å². The molecule has 0 fully saturated rings. The first-order valence-corrected chi connectivity index (χ1v) is 7.89. The van der Waals surface area contributed by atoms with Gasteiger partial charge in [-0.15, -0.1) is 11.8 Å². The van der Waals surface area contributed by atoms with Crippen LogP contribution in [0.15, 0.2) is 53.4 Å². The molecule has 1 nitrogen and oxygen atoms in total. The lowest BCUT2D eigenvalue weighted by molar-refractivity contribution is 0.531. The van der Waals surface area contributed by atoms with E-state index >= 15 is 0 Å². The van der Waals surface area contributed by atoms with E-state index in [1.807, 2.05) is 38.1 Å². The third-order valence-corrected chi connectivity index (χ3v) is 4.34. The molecule has 0 aliphatic carbocycles. The topological polar surface area (TPSA) is 12.0 Å². The van der Waals surface area contributed by atoms with Gasteiger partial charge >= 0.3 is 0 Å². The number of rotatable bonds is 6. The normalized spacial score (nSPS) is 12.3. The predicted molar refractivity (Wildman–Crippen MR) is 84.5 cm³/mol. The Hall–Kier alpha value is -1.32. The van der Waals surface area contributed by atoms with E-state index in [0.29, 0.717) is 0 Å². The second kappa shape index (κ2) is 7.46. The quantitative estimate of drug-likeness (QED) is 0.767. The second-order valence-electron chi connectivity index (χ2n) is 4.71. The van der Waals surface area contributed by atoms with Gasteiger partial charge in [-0.1, -0.05) is 43.3 Å². The van der Waals surface area contributed by atoms with Crippen LogP contribution in [0.3, 0.4) is 0 Å². The number of halogens is 1. The zero-order chi connectivity index (χ0) is 14.4. The molecule has 0 aliphatic heterocycles. The Labute approximate surface area is 124 Å². The minimum atomic E-state index is -0.128. The summed E-state index contributed by atoms with van der Waals surface area (Å²) in [6.45, 7) is 4.88. The fourth-order valence-electron chi connectivity index (χ4n) is 2.21. The van der Waals surface area contributed by atoms with E-state index in [-0.39, 0.29) is 11.9 Å². The minimum absolute atomic E-state index is 0.0273. The maximum atomic E-state index is 14.1. The van der Waals surface area contributed by atoms with Gasteiger partial charge in [0.2, 0.25) is 0 Å². The second-order valence-corrected chi connectivity index (χ2v) is 5.72. The van der Waals surface area contributed by atoms with Crippen LogP contribution in [0.1, 0.15) is 31.0 Å². The Bertz CT molecular complexity index is 542. The molecule has 0 bridgehead atoms. The van der Waals surface area contributed by atoms with Crippen molar-refractivity contribution in [2.75, 3.05) is 6.54 Å². The van der Waals surface area contributed by atoms with E-state index in [1.54, 1.807) is 17.8 Å². The highest BCUT2D eigenvalue weighted by atomic mass is 32.2. The summed E-state index contributed by atoms with van der Waals surface area (Å²) in [5.41, 5.74) is 2.03. The molecule has 2 aromatic carbocycles. The summed E-state index contributed by atoms with van der Waals surface area (Å²) in [4.78, 5) is 1.02. The number of thioether (sulfide) groups is 1. The molecule has 106 valence electrons. The zero-order valence-corrected chi connectivity index (χ0v) is 12.7. The van der Waals surface area contributed by atoms with Gasteiger partial charge in [0.1, 0.15) is 5.82 Å². The van der Waals surface area contributed by atoms with Crippen LogP contribution in [0.2, 0.25) is 0 Å². The third-order valence-electron chi connectivity index (χ3n) is 3.19. The van der Waals surface area contributed by atoms with E-state index in [9.17, 15) is 4.39 Å². The summed E-state index contributed by atoms with van der Waals surface area (Å²) < 4.78 is 14.1. The first-order valence-electron chi connectivity index (χ1n) is 6.91. The minimum Gasteiger partial charge on any atom is -0.310 e. The van der Waals surface area contributed by atoms with E-state index in [2.05, 4.69) is 17.4 Å². The highest BCUT2D eigenvalue weighted by Gasteiger charge is 2.15. The van der Waals surface area contributed by atoms with Crippen LogP contribution in [-0.2, 0) is 5.75 Å². The van der Waals surface area contributed by atoms with Gasteiger partial charge in [-0.2, -0.15) is 0 Å². The van der Waals surface area contributed by atoms with E-state index in [4.69, 9.17) is 0 Å². The van der Waals surface area contributed by atoms with Gasteiger partial charge in [0.05, 0.1) is 0 Å². The molecule has 3 heteroatoms. The van der Waals surface area contributed by atoms with Crippen molar-refractivity contribution in [1.29, 1.82) is 0 Å². The average molecular weight is 289 g/mol. The smallest absolute Gasteiger partial charge is 0.129 e. The number of hydrogen-bond donors (Lipinski definition) is 1. The Morgan fingerprint density at radius 1 is 1.10 bits per heavy atom. The van der Waals surface area contributed by atoms with Gasteiger partial charge in [-0.05, 0) is 31.2 Å². The van der Waals surface area contributed by atoms with Crippen molar-refractivity contribution in [2.45, 2.75) is 30.5 Å². The van der Waals surface area contributed by atoms with Crippen LogP contribution in [0.25, 0.3) is 0 Å². The SMILES string of the molecule is CCNC(C)c1c(F)cccc1SCc1ccccc1.